The molecule has 0 aliphatic carbocycles. The van der Waals surface area contributed by atoms with E-state index in [1.165, 1.54) is 0 Å². The van der Waals surface area contributed by atoms with Crippen molar-refractivity contribution < 1.29 is 17.9 Å². The summed E-state index contributed by atoms with van der Waals surface area (Å²) < 4.78 is 41.3. The molecule has 0 bridgehead atoms. The lowest BCUT2D eigenvalue weighted by atomic mass is 10.2. The fourth-order valence-corrected chi connectivity index (χ4v) is 1.34. The molecule has 0 fully saturated rings. The van der Waals surface area contributed by atoms with Crippen LogP contribution in [0.15, 0.2) is 18.3 Å². The Hall–Kier alpha value is -1.30. The van der Waals surface area contributed by atoms with E-state index in [-0.39, 0.29) is 12.6 Å². The van der Waals surface area contributed by atoms with E-state index in [0.29, 0.717) is 12.4 Å². The highest BCUT2D eigenvalue weighted by Crippen LogP contribution is 2.19. The van der Waals surface area contributed by atoms with Crippen LogP contribution in [0, 0.1) is 0 Å². The van der Waals surface area contributed by atoms with E-state index >= 15 is 0 Å². The highest BCUT2D eigenvalue weighted by Gasteiger charge is 2.25. The van der Waals surface area contributed by atoms with Gasteiger partial charge in [0.2, 0.25) is 5.88 Å². The minimum atomic E-state index is -4.13. The molecule has 0 aliphatic heterocycles. The van der Waals surface area contributed by atoms with Crippen LogP contribution in [-0.4, -0.2) is 23.8 Å². The standard InChI is InChI=1S/C12H17F3N2O/c1-9(2)18-11-10(4-3-6-17-11)8-16-7-5-12(13,14)15/h3-4,6,9,16H,5,7-8H2,1-2H3. The molecule has 0 atom stereocenters. The maximum absolute atomic E-state index is 12.0. The monoisotopic (exact) mass is 262 g/mol. The number of hydrogen-bond donors (Lipinski definition) is 1. The summed E-state index contributed by atoms with van der Waals surface area (Å²) in [7, 11) is 0. The number of ether oxygens (including phenoxy) is 1. The highest BCUT2D eigenvalue weighted by atomic mass is 19.4. The Morgan fingerprint density at radius 1 is 1.39 bits per heavy atom. The molecular formula is C12H17F3N2O. The molecule has 6 heteroatoms. The topological polar surface area (TPSA) is 34.1 Å². The van der Waals surface area contributed by atoms with Crippen molar-refractivity contribution in [2.45, 2.75) is 39.1 Å². The summed E-state index contributed by atoms with van der Waals surface area (Å²) in [5.74, 6) is 0.465. The van der Waals surface area contributed by atoms with Crippen LogP contribution in [0.5, 0.6) is 5.88 Å². The van der Waals surface area contributed by atoms with Crippen molar-refractivity contribution in [2.24, 2.45) is 0 Å². The van der Waals surface area contributed by atoms with Gasteiger partial charge in [-0.15, -0.1) is 0 Å². The first-order valence-corrected chi connectivity index (χ1v) is 5.76. The van der Waals surface area contributed by atoms with Crippen molar-refractivity contribution in [3.05, 3.63) is 23.9 Å². The van der Waals surface area contributed by atoms with Gasteiger partial charge < -0.3 is 10.1 Å². The lowest BCUT2D eigenvalue weighted by Gasteiger charge is -2.13. The summed E-state index contributed by atoms with van der Waals surface area (Å²) in [6.45, 7) is 3.94. The van der Waals surface area contributed by atoms with Crippen molar-refractivity contribution in [3.63, 3.8) is 0 Å². The SMILES string of the molecule is CC(C)Oc1ncccc1CNCCC(F)(F)F. The van der Waals surface area contributed by atoms with E-state index in [1.807, 2.05) is 13.8 Å². The van der Waals surface area contributed by atoms with E-state index in [1.54, 1.807) is 18.3 Å². The smallest absolute Gasteiger partial charge is 0.390 e. The molecule has 0 unspecified atom stereocenters. The van der Waals surface area contributed by atoms with Gasteiger partial charge >= 0.3 is 6.18 Å². The van der Waals surface area contributed by atoms with E-state index < -0.39 is 12.6 Å². The number of rotatable bonds is 6. The predicted molar refractivity (Wildman–Crippen MR) is 62.4 cm³/mol. The summed E-state index contributed by atoms with van der Waals surface area (Å²) in [6.07, 6.45) is -3.39. The zero-order valence-corrected chi connectivity index (χ0v) is 10.4. The zero-order chi connectivity index (χ0) is 13.6. The molecule has 0 amide bonds. The number of hydrogen-bond acceptors (Lipinski definition) is 3. The zero-order valence-electron chi connectivity index (χ0n) is 10.4. The van der Waals surface area contributed by atoms with Gasteiger partial charge in [0.1, 0.15) is 0 Å². The molecule has 0 spiro atoms. The largest absolute Gasteiger partial charge is 0.475 e. The molecule has 0 radical (unpaired) electrons. The van der Waals surface area contributed by atoms with Gasteiger partial charge in [-0.05, 0) is 19.9 Å². The fourth-order valence-electron chi connectivity index (χ4n) is 1.34. The third-order valence-electron chi connectivity index (χ3n) is 2.10. The molecule has 0 aliphatic rings. The Labute approximate surface area is 104 Å². The number of halogens is 3. The van der Waals surface area contributed by atoms with Gasteiger partial charge in [0.25, 0.3) is 0 Å². The summed E-state index contributed by atoms with van der Waals surface area (Å²) in [4.78, 5) is 4.06. The molecular weight excluding hydrogens is 245 g/mol. The molecule has 18 heavy (non-hydrogen) atoms. The summed E-state index contributed by atoms with van der Waals surface area (Å²) in [5, 5.41) is 2.73. The van der Waals surface area contributed by atoms with E-state index in [4.69, 9.17) is 4.74 Å². The van der Waals surface area contributed by atoms with Crippen molar-refractivity contribution in [1.82, 2.24) is 10.3 Å². The number of alkyl halides is 3. The maximum atomic E-state index is 12.0. The Morgan fingerprint density at radius 2 is 2.11 bits per heavy atom. The minimum Gasteiger partial charge on any atom is -0.475 e. The summed E-state index contributed by atoms with van der Waals surface area (Å²) in [6, 6.07) is 3.51. The second-order valence-corrected chi connectivity index (χ2v) is 4.18. The minimum absolute atomic E-state index is 0.0196. The first-order valence-electron chi connectivity index (χ1n) is 5.76. The molecule has 1 heterocycles. The third kappa shape index (κ3) is 5.86. The number of pyridine rings is 1. The lowest BCUT2D eigenvalue weighted by Crippen LogP contribution is -2.22. The van der Waals surface area contributed by atoms with Crippen molar-refractivity contribution in [2.75, 3.05) is 6.54 Å². The predicted octanol–water partition coefficient (Wildman–Crippen LogP) is 2.91. The van der Waals surface area contributed by atoms with Gasteiger partial charge in [-0.3, -0.25) is 0 Å². The van der Waals surface area contributed by atoms with E-state index in [9.17, 15) is 13.2 Å². The maximum Gasteiger partial charge on any atom is 0.390 e. The summed E-state index contributed by atoms with van der Waals surface area (Å²) in [5.41, 5.74) is 0.758. The van der Waals surface area contributed by atoms with Crippen molar-refractivity contribution in [1.29, 1.82) is 0 Å². The van der Waals surface area contributed by atoms with Gasteiger partial charge in [-0.2, -0.15) is 13.2 Å². The van der Waals surface area contributed by atoms with Crippen LogP contribution in [-0.2, 0) is 6.54 Å². The van der Waals surface area contributed by atoms with Gasteiger partial charge in [0.15, 0.2) is 0 Å². The average molecular weight is 262 g/mol. The van der Waals surface area contributed by atoms with Crippen LogP contribution in [0.4, 0.5) is 13.2 Å². The molecule has 1 N–H and O–H groups in total. The Kier molecular flexibility index (Phi) is 5.40. The molecule has 3 nitrogen and oxygen atoms in total. The normalized spacial score (nSPS) is 11.9. The van der Waals surface area contributed by atoms with Crippen LogP contribution in [0.2, 0.25) is 0 Å². The average Bonchev–Trinajstić information content (AvgIpc) is 2.24. The molecule has 1 aromatic heterocycles. The lowest BCUT2D eigenvalue weighted by molar-refractivity contribution is -0.133. The molecule has 0 saturated heterocycles. The second kappa shape index (κ2) is 6.58. The second-order valence-electron chi connectivity index (χ2n) is 4.18. The van der Waals surface area contributed by atoms with Crippen LogP contribution in [0.25, 0.3) is 0 Å². The number of nitrogens with zero attached hydrogens (tertiary/aromatic N) is 1. The van der Waals surface area contributed by atoms with Crippen molar-refractivity contribution >= 4 is 0 Å². The molecule has 0 saturated carbocycles. The molecule has 0 aromatic carbocycles. The van der Waals surface area contributed by atoms with Gasteiger partial charge in [-0.25, -0.2) is 4.98 Å². The molecule has 1 aromatic rings. The van der Waals surface area contributed by atoms with Crippen LogP contribution < -0.4 is 10.1 Å². The number of aromatic nitrogens is 1. The Balaban J connectivity index is 2.46. The van der Waals surface area contributed by atoms with E-state index in [2.05, 4.69) is 10.3 Å². The van der Waals surface area contributed by atoms with Gasteiger partial charge in [0, 0.05) is 24.8 Å². The van der Waals surface area contributed by atoms with Crippen molar-refractivity contribution in [3.8, 4) is 5.88 Å². The van der Waals surface area contributed by atoms with Crippen LogP contribution in [0.3, 0.4) is 0 Å². The first kappa shape index (κ1) is 14.8. The highest BCUT2D eigenvalue weighted by molar-refractivity contribution is 5.25. The Bertz CT molecular complexity index is 367. The van der Waals surface area contributed by atoms with Gasteiger partial charge in [-0.1, -0.05) is 6.07 Å². The first-order chi connectivity index (χ1) is 8.38. The molecule has 1 rings (SSSR count). The van der Waals surface area contributed by atoms with Crippen LogP contribution in [0.1, 0.15) is 25.8 Å². The number of nitrogens with one attached hydrogen (secondary N) is 1. The summed E-state index contributed by atoms with van der Waals surface area (Å²) >= 11 is 0. The fraction of sp³-hybridized carbons (Fsp3) is 0.583. The quantitative estimate of drug-likeness (QED) is 0.800. The van der Waals surface area contributed by atoms with Crippen LogP contribution >= 0.6 is 0 Å². The van der Waals surface area contributed by atoms with E-state index in [0.717, 1.165) is 5.56 Å². The Morgan fingerprint density at radius 3 is 2.72 bits per heavy atom. The molecule has 102 valence electrons. The van der Waals surface area contributed by atoms with Gasteiger partial charge in [0.05, 0.1) is 12.5 Å². The third-order valence-corrected chi connectivity index (χ3v) is 2.10.